The van der Waals surface area contributed by atoms with E-state index in [2.05, 4.69) is 48.4 Å². The molecule has 4 aromatic heterocycles. The SMILES string of the molecule is C=Cc1ccnc(N=c2ncnc(Nc3nccc(C=C)c3O)c3c[nH]cc23)c1O. The Morgan fingerprint density at radius 3 is 2.33 bits per heavy atom. The maximum atomic E-state index is 10.4. The number of fused-ring (bicyclic) bond motifs is 1. The standard InChI is InChI=1S/C21H17N7O2/c1-3-12-5-7-23-20(16(12)29)27-18-14-9-22-10-15(14)19(26-11-25-18)28-21-17(30)13(4-2)6-8-24-21/h3-11,22,29-30H,1-2H2,(H,23,24,25,26,27,28). The van der Waals surface area contributed by atoms with Gasteiger partial charge in [0.25, 0.3) is 0 Å². The minimum absolute atomic E-state index is 0.0438. The van der Waals surface area contributed by atoms with Crippen LogP contribution in [0.3, 0.4) is 0 Å². The number of aromatic amines is 1. The molecule has 0 amide bonds. The van der Waals surface area contributed by atoms with Crippen molar-refractivity contribution >= 4 is 40.4 Å². The van der Waals surface area contributed by atoms with E-state index < -0.39 is 0 Å². The van der Waals surface area contributed by atoms with E-state index in [4.69, 9.17) is 0 Å². The molecule has 0 aliphatic rings. The van der Waals surface area contributed by atoms with Gasteiger partial charge in [0.1, 0.15) is 12.1 Å². The third-order valence-corrected chi connectivity index (χ3v) is 4.39. The predicted molar refractivity (Wildman–Crippen MR) is 114 cm³/mol. The molecule has 0 aliphatic heterocycles. The summed E-state index contributed by atoms with van der Waals surface area (Å²) in [5, 5.41) is 25.0. The number of nitrogens with one attached hydrogen (secondary N) is 2. The first-order valence-electron chi connectivity index (χ1n) is 8.86. The smallest absolute Gasteiger partial charge is 0.197 e. The minimum Gasteiger partial charge on any atom is -0.504 e. The molecule has 0 aromatic carbocycles. The number of nitrogens with zero attached hydrogens (tertiary/aromatic N) is 5. The zero-order chi connectivity index (χ0) is 21.1. The summed E-state index contributed by atoms with van der Waals surface area (Å²) in [5.74, 6) is 0.608. The lowest BCUT2D eigenvalue weighted by Gasteiger charge is -2.07. The first-order chi connectivity index (χ1) is 14.6. The molecule has 0 spiro atoms. The minimum atomic E-state index is -0.0915. The molecule has 148 valence electrons. The fraction of sp³-hybridized carbons (Fsp3) is 0. The Bertz CT molecular complexity index is 1350. The van der Waals surface area contributed by atoms with Crippen LogP contribution in [0.25, 0.3) is 22.9 Å². The van der Waals surface area contributed by atoms with Crippen molar-refractivity contribution in [1.29, 1.82) is 0 Å². The highest BCUT2D eigenvalue weighted by Gasteiger charge is 2.11. The monoisotopic (exact) mass is 399 g/mol. The second kappa shape index (κ2) is 7.84. The topological polar surface area (TPSA) is 132 Å². The maximum Gasteiger partial charge on any atom is 0.197 e. The summed E-state index contributed by atoms with van der Waals surface area (Å²) in [5.41, 5.74) is 1.35. The van der Waals surface area contributed by atoms with Gasteiger partial charge in [-0.05, 0) is 12.1 Å². The highest BCUT2D eigenvalue weighted by atomic mass is 16.3. The van der Waals surface area contributed by atoms with E-state index >= 15 is 0 Å². The molecule has 9 nitrogen and oxygen atoms in total. The molecule has 0 radical (unpaired) electrons. The van der Waals surface area contributed by atoms with Crippen LogP contribution in [-0.2, 0) is 0 Å². The molecule has 4 rings (SSSR count). The summed E-state index contributed by atoms with van der Waals surface area (Å²) in [6.07, 6.45) is 10.9. The maximum absolute atomic E-state index is 10.4. The summed E-state index contributed by atoms with van der Waals surface area (Å²) in [7, 11) is 0. The Balaban J connectivity index is 1.87. The van der Waals surface area contributed by atoms with Gasteiger partial charge in [0.15, 0.2) is 28.6 Å². The average molecular weight is 399 g/mol. The average Bonchev–Trinajstić information content (AvgIpc) is 3.18. The van der Waals surface area contributed by atoms with Gasteiger partial charge in [0, 0.05) is 46.7 Å². The Morgan fingerprint density at radius 1 is 0.867 bits per heavy atom. The molecule has 0 unspecified atom stereocenters. The summed E-state index contributed by atoms with van der Waals surface area (Å²) in [6, 6.07) is 3.28. The molecular formula is C21H17N7O2. The first kappa shape index (κ1) is 18.8. The van der Waals surface area contributed by atoms with Crippen LogP contribution in [-0.4, -0.2) is 35.1 Å². The van der Waals surface area contributed by atoms with Crippen LogP contribution in [0.4, 0.5) is 17.5 Å². The highest BCUT2D eigenvalue weighted by Crippen LogP contribution is 2.30. The van der Waals surface area contributed by atoms with E-state index in [-0.39, 0.29) is 23.1 Å². The number of anilines is 2. The second-order valence-electron chi connectivity index (χ2n) is 6.14. The number of aromatic hydroxyl groups is 2. The fourth-order valence-corrected chi connectivity index (χ4v) is 2.86. The molecule has 9 heteroatoms. The Morgan fingerprint density at radius 2 is 1.57 bits per heavy atom. The quantitative estimate of drug-likeness (QED) is 0.404. The number of pyridine rings is 2. The van der Waals surface area contributed by atoms with Crippen LogP contribution in [0.5, 0.6) is 11.5 Å². The molecule has 0 aliphatic carbocycles. The van der Waals surface area contributed by atoms with Crippen LogP contribution >= 0.6 is 0 Å². The number of aromatic nitrogens is 5. The van der Waals surface area contributed by atoms with Gasteiger partial charge in [-0.25, -0.2) is 24.9 Å². The van der Waals surface area contributed by atoms with Crippen molar-refractivity contribution < 1.29 is 10.2 Å². The summed E-state index contributed by atoms with van der Waals surface area (Å²) < 4.78 is 0. The molecule has 0 saturated heterocycles. The van der Waals surface area contributed by atoms with Crippen molar-refractivity contribution in [3.8, 4) is 11.5 Å². The van der Waals surface area contributed by atoms with Crippen molar-refractivity contribution in [2.45, 2.75) is 0 Å². The lowest BCUT2D eigenvalue weighted by molar-refractivity contribution is 0.473. The zero-order valence-corrected chi connectivity index (χ0v) is 15.7. The third-order valence-electron chi connectivity index (χ3n) is 4.39. The second-order valence-corrected chi connectivity index (χ2v) is 6.14. The Kier molecular flexibility index (Phi) is 4.92. The first-order valence-corrected chi connectivity index (χ1v) is 8.86. The summed E-state index contributed by atoms with van der Waals surface area (Å²) >= 11 is 0. The molecular weight excluding hydrogens is 382 g/mol. The van der Waals surface area contributed by atoms with E-state index in [9.17, 15) is 10.2 Å². The molecule has 4 heterocycles. The number of hydrogen-bond donors (Lipinski definition) is 4. The molecule has 0 bridgehead atoms. The van der Waals surface area contributed by atoms with Gasteiger partial charge in [-0.15, -0.1) is 0 Å². The molecule has 30 heavy (non-hydrogen) atoms. The fourth-order valence-electron chi connectivity index (χ4n) is 2.86. The summed E-state index contributed by atoms with van der Waals surface area (Å²) in [6.45, 7) is 7.33. The molecule has 0 atom stereocenters. The van der Waals surface area contributed by atoms with Crippen LogP contribution in [0.1, 0.15) is 11.1 Å². The third kappa shape index (κ3) is 3.35. The lowest BCUT2D eigenvalue weighted by Crippen LogP contribution is -2.04. The molecule has 0 fully saturated rings. The van der Waals surface area contributed by atoms with E-state index in [0.717, 1.165) is 0 Å². The van der Waals surface area contributed by atoms with E-state index in [1.807, 2.05) is 0 Å². The van der Waals surface area contributed by atoms with Crippen molar-refractivity contribution in [3.05, 3.63) is 73.0 Å². The van der Waals surface area contributed by atoms with E-state index in [0.29, 0.717) is 33.2 Å². The Labute approximate surface area is 170 Å². The van der Waals surface area contributed by atoms with E-state index in [1.165, 1.54) is 24.7 Å². The van der Waals surface area contributed by atoms with Crippen LogP contribution in [0, 0.1) is 0 Å². The van der Waals surface area contributed by atoms with Gasteiger partial charge in [-0.3, -0.25) is 0 Å². The number of H-pyrrole nitrogens is 1. The van der Waals surface area contributed by atoms with Gasteiger partial charge >= 0.3 is 0 Å². The number of hydrogen-bond acceptors (Lipinski definition) is 8. The van der Waals surface area contributed by atoms with Gasteiger partial charge in [0.2, 0.25) is 0 Å². The normalized spacial score (nSPS) is 11.4. The van der Waals surface area contributed by atoms with Crippen LogP contribution in [0.15, 0.2) is 61.4 Å². The highest BCUT2D eigenvalue weighted by molar-refractivity contribution is 5.92. The molecule has 4 N–H and O–H groups in total. The predicted octanol–water partition coefficient (Wildman–Crippen LogP) is 3.42. The van der Waals surface area contributed by atoms with Crippen LogP contribution in [0.2, 0.25) is 0 Å². The van der Waals surface area contributed by atoms with Crippen molar-refractivity contribution in [2.75, 3.05) is 5.32 Å². The zero-order valence-electron chi connectivity index (χ0n) is 15.7. The molecule has 0 saturated carbocycles. The van der Waals surface area contributed by atoms with Crippen molar-refractivity contribution in [1.82, 2.24) is 24.9 Å². The lowest BCUT2D eigenvalue weighted by atomic mass is 10.2. The van der Waals surface area contributed by atoms with Crippen LogP contribution < -0.4 is 10.8 Å². The van der Waals surface area contributed by atoms with Gasteiger partial charge < -0.3 is 20.5 Å². The largest absolute Gasteiger partial charge is 0.504 e. The Hall–Kier alpha value is -4.53. The molecule has 4 aromatic rings. The van der Waals surface area contributed by atoms with Gasteiger partial charge in [-0.2, -0.15) is 0 Å². The number of rotatable bonds is 5. The van der Waals surface area contributed by atoms with E-state index in [1.54, 1.807) is 30.7 Å². The van der Waals surface area contributed by atoms with Gasteiger partial charge in [0.05, 0.1) is 0 Å². The van der Waals surface area contributed by atoms with Crippen molar-refractivity contribution in [3.63, 3.8) is 0 Å². The summed E-state index contributed by atoms with van der Waals surface area (Å²) in [4.78, 5) is 24.3. The van der Waals surface area contributed by atoms with Crippen molar-refractivity contribution in [2.24, 2.45) is 4.99 Å². The van der Waals surface area contributed by atoms with Gasteiger partial charge in [-0.1, -0.05) is 25.3 Å².